The maximum atomic E-state index is 12.3. The molecule has 2 aliphatic heterocycles. The van der Waals surface area contributed by atoms with Crippen molar-refractivity contribution in [2.45, 2.75) is 25.7 Å². The second-order valence-corrected chi connectivity index (χ2v) is 6.88. The van der Waals surface area contributed by atoms with Gasteiger partial charge in [-0.3, -0.25) is 4.79 Å². The van der Waals surface area contributed by atoms with Crippen molar-refractivity contribution in [3.05, 3.63) is 23.8 Å². The van der Waals surface area contributed by atoms with Gasteiger partial charge in [-0.2, -0.15) is 0 Å². The molecular formula is C17H22N2O5. The van der Waals surface area contributed by atoms with E-state index in [4.69, 9.17) is 14.6 Å². The summed E-state index contributed by atoms with van der Waals surface area (Å²) < 4.78 is 10.7. The lowest BCUT2D eigenvalue weighted by atomic mass is 9.84. The van der Waals surface area contributed by atoms with Crippen LogP contribution in [0.4, 0.5) is 4.79 Å². The number of carboxylic acids is 1. The molecule has 3 rings (SSSR count). The Morgan fingerprint density at radius 3 is 2.79 bits per heavy atom. The highest BCUT2D eigenvalue weighted by atomic mass is 16.7. The lowest BCUT2D eigenvalue weighted by molar-refractivity contribution is -0.141. The molecule has 0 saturated carbocycles. The highest BCUT2D eigenvalue weighted by Crippen LogP contribution is 2.36. The molecule has 2 aliphatic rings. The zero-order valence-electron chi connectivity index (χ0n) is 13.9. The van der Waals surface area contributed by atoms with Crippen LogP contribution in [0.3, 0.4) is 0 Å². The molecule has 7 nitrogen and oxygen atoms in total. The molecule has 1 unspecified atom stereocenters. The summed E-state index contributed by atoms with van der Waals surface area (Å²) in [4.78, 5) is 24.8. The first kappa shape index (κ1) is 16.4. The molecule has 24 heavy (non-hydrogen) atoms. The predicted octanol–water partition coefficient (Wildman–Crippen LogP) is 1.81. The van der Waals surface area contributed by atoms with Gasteiger partial charge in [-0.05, 0) is 24.1 Å². The Bertz CT molecular complexity index is 658. The number of nitrogens with one attached hydrogen (secondary N) is 1. The summed E-state index contributed by atoms with van der Waals surface area (Å²) in [6.07, 6.45) is 0.508. The standard InChI is InChI=1S/C17H22N2O5/c1-17(2,12-3-4-13-14(7-12)24-10-23-13)9-18-16(22)19-6-5-11(8-19)15(20)21/h3-4,7,11H,5-6,8-10H2,1-2H3,(H,18,22)(H,20,21). The molecule has 2 N–H and O–H groups in total. The largest absolute Gasteiger partial charge is 0.481 e. The molecule has 0 aliphatic carbocycles. The van der Waals surface area contributed by atoms with Gasteiger partial charge in [0.2, 0.25) is 6.79 Å². The molecule has 0 spiro atoms. The molecule has 7 heteroatoms. The Kier molecular flexibility index (Phi) is 4.26. The van der Waals surface area contributed by atoms with Crippen LogP contribution in [0, 0.1) is 5.92 Å². The molecule has 2 amide bonds. The summed E-state index contributed by atoms with van der Waals surface area (Å²) in [7, 11) is 0. The van der Waals surface area contributed by atoms with Gasteiger partial charge in [-0.1, -0.05) is 19.9 Å². The zero-order valence-corrected chi connectivity index (χ0v) is 13.9. The number of rotatable bonds is 4. The number of likely N-dealkylation sites (tertiary alicyclic amines) is 1. The molecule has 0 aromatic heterocycles. The first-order valence-corrected chi connectivity index (χ1v) is 8.02. The van der Waals surface area contributed by atoms with Crippen LogP contribution in [-0.2, 0) is 10.2 Å². The second-order valence-electron chi connectivity index (χ2n) is 6.88. The number of nitrogens with zero attached hydrogens (tertiary/aromatic N) is 1. The van der Waals surface area contributed by atoms with Crippen LogP contribution in [0.1, 0.15) is 25.8 Å². The van der Waals surface area contributed by atoms with Crippen molar-refractivity contribution in [1.29, 1.82) is 0 Å². The van der Waals surface area contributed by atoms with Crippen LogP contribution >= 0.6 is 0 Å². The van der Waals surface area contributed by atoms with Gasteiger partial charge in [-0.25, -0.2) is 4.79 Å². The molecule has 2 heterocycles. The maximum Gasteiger partial charge on any atom is 0.317 e. The number of fused-ring (bicyclic) bond motifs is 1. The topological polar surface area (TPSA) is 88.1 Å². The number of carbonyl (C=O) groups excluding carboxylic acids is 1. The third kappa shape index (κ3) is 3.25. The van der Waals surface area contributed by atoms with Crippen molar-refractivity contribution in [2.75, 3.05) is 26.4 Å². The number of hydrogen-bond donors (Lipinski definition) is 2. The van der Waals surface area contributed by atoms with Crippen LogP contribution < -0.4 is 14.8 Å². The van der Waals surface area contributed by atoms with E-state index in [1.165, 1.54) is 0 Å². The lowest BCUT2D eigenvalue weighted by Crippen LogP contribution is -2.44. The maximum absolute atomic E-state index is 12.3. The minimum atomic E-state index is -0.842. The average molecular weight is 334 g/mol. The van der Waals surface area contributed by atoms with Gasteiger partial charge in [0.25, 0.3) is 0 Å². The van der Waals surface area contributed by atoms with Gasteiger partial charge < -0.3 is 24.8 Å². The van der Waals surface area contributed by atoms with E-state index in [1.807, 2.05) is 32.0 Å². The number of carboxylic acid groups (broad SMARTS) is 1. The van der Waals surface area contributed by atoms with Crippen molar-refractivity contribution in [1.82, 2.24) is 10.2 Å². The Morgan fingerprint density at radius 2 is 2.08 bits per heavy atom. The van der Waals surface area contributed by atoms with Crippen LogP contribution in [0.2, 0.25) is 0 Å². The number of ether oxygens (including phenoxy) is 2. The fourth-order valence-electron chi connectivity index (χ4n) is 2.97. The molecule has 1 fully saturated rings. The Morgan fingerprint density at radius 1 is 1.33 bits per heavy atom. The van der Waals surface area contributed by atoms with Gasteiger partial charge in [0, 0.05) is 25.0 Å². The third-order valence-electron chi connectivity index (χ3n) is 4.66. The van der Waals surface area contributed by atoms with Crippen molar-refractivity contribution < 1.29 is 24.2 Å². The summed E-state index contributed by atoms with van der Waals surface area (Å²) >= 11 is 0. The van der Waals surface area contributed by atoms with E-state index in [-0.39, 0.29) is 24.8 Å². The van der Waals surface area contributed by atoms with Gasteiger partial charge >= 0.3 is 12.0 Å². The van der Waals surface area contributed by atoms with Crippen molar-refractivity contribution in [3.63, 3.8) is 0 Å². The van der Waals surface area contributed by atoms with E-state index in [0.29, 0.717) is 19.5 Å². The van der Waals surface area contributed by atoms with Crippen LogP contribution in [0.5, 0.6) is 11.5 Å². The number of benzene rings is 1. The van der Waals surface area contributed by atoms with E-state index in [1.54, 1.807) is 4.90 Å². The minimum absolute atomic E-state index is 0.215. The van der Waals surface area contributed by atoms with Crippen LogP contribution in [0.15, 0.2) is 18.2 Å². The Balaban J connectivity index is 1.59. The van der Waals surface area contributed by atoms with E-state index in [0.717, 1.165) is 17.1 Å². The number of urea groups is 1. The highest BCUT2D eigenvalue weighted by Gasteiger charge is 2.32. The number of carbonyl (C=O) groups is 2. The smallest absolute Gasteiger partial charge is 0.317 e. The normalized spacial score (nSPS) is 19.4. The van der Waals surface area contributed by atoms with Gasteiger partial charge in [-0.15, -0.1) is 0 Å². The third-order valence-corrected chi connectivity index (χ3v) is 4.66. The summed E-state index contributed by atoms with van der Waals surface area (Å²) in [5, 5.41) is 11.9. The quantitative estimate of drug-likeness (QED) is 0.877. The monoisotopic (exact) mass is 334 g/mol. The molecule has 1 aromatic carbocycles. The summed E-state index contributed by atoms with van der Waals surface area (Å²) in [6, 6.07) is 5.56. The molecule has 1 saturated heterocycles. The first-order chi connectivity index (χ1) is 11.4. The second kappa shape index (κ2) is 6.22. The Labute approximate surface area is 140 Å². The predicted molar refractivity (Wildman–Crippen MR) is 86.3 cm³/mol. The zero-order chi connectivity index (χ0) is 17.3. The van der Waals surface area contributed by atoms with E-state index < -0.39 is 11.9 Å². The summed E-state index contributed by atoms with van der Waals surface area (Å²) in [6.45, 7) is 5.50. The van der Waals surface area contributed by atoms with Crippen molar-refractivity contribution in [2.24, 2.45) is 5.92 Å². The lowest BCUT2D eigenvalue weighted by Gasteiger charge is -2.27. The minimum Gasteiger partial charge on any atom is -0.481 e. The van der Waals surface area contributed by atoms with Crippen LogP contribution in [0.25, 0.3) is 0 Å². The fourth-order valence-corrected chi connectivity index (χ4v) is 2.97. The average Bonchev–Trinajstić information content (AvgIpc) is 3.20. The van der Waals surface area contributed by atoms with Crippen molar-refractivity contribution in [3.8, 4) is 11.5 Å². The molecule has 130 valence electrons. The molecule has 1 atom stereocenters. The van der Waals surface area contributed by atoms with Gasteiger partial charge in [0.05, 0.1) is 5.92 Å². The number of amides is 2. The van der Waals surface area contributed by atoms with E-state index >= 15 is 0 Å². The van der Waals surface area contributed by atoms with E-state index in [9.17, 15) is 9.59 Å². The first-order valence-electron chi connectivity index (χ1n) is 8.02. The fraction of sp³-hybridized carbons (Fsp3) is 0.529. The number of aliphatic carboxylic acids is 1. The molecule has 0 bridgehead atoms. The SMILES string of the molecule is CC(C)(CNC(=O)N1CCC(C(=O)O)C1)c1ccc2c(c1)OCO2. The van der Waals surface area contributed by atoms with Gasteiger partial charge in [0.1, 0.15) is 0 Å². The molecular weight excluding hydrogens is 312 g/mol. The number of hydrogen-bond acceptors (Lipinski definition) is 4. The molecule has 1 aromatic rings. The highest BCUT2D eigenvalue weighted by molar-refractivity contribution is 5.77. The summed E-state index contributed by atoms with van der Waals surface area (Å²) in [5.41, 5.74) is 0.750. The molecule has 0 radical (unpaired) electrons. The Hall–Kier alpha value is -2.44. The van der Waals surface area contributed by atoms with Crippen molar-refractivity contribution >= 4 is 12.0 Å². The van der Waals surface area contributed by atoms with E-state index in [2.05, 4.69) is 5.32 Å². The van der Waals surface area contributed by atoms with Gasteiger partial charge in [0.15, 0.2) is 11.5 Å². The summed E-state index contributed by atoms with van der Waals surface area (Å²) in [5.74, 6) is 0.148. The van der Waals surface area contributed by atoms with Crippen LogP contribution in [-0.4, -0.2) is 48.4 Å².